The Morgan fingerprint density at radius 2 is 2.00 bits per heavy atom. The van der Waals surface area contributed by atoms with Gasteiger partial charge in [-0.2, -0.15) is 5.26 Å². The molecule has 0 aromatic heterocycles. The SMILES string of the molecule is C=CCOC(=O)C1=C(C)NC(SCC(=O)Nc2ccc(F)cc2)=C(C#N)[C@H]1c1ccccc1Cl. The molecule has 0 unspecified atom stereocenters. The van der Waals surface area contributed by atoms with E-state index in [4.69, 9.17) is 16.3 Å². The summed E-state index contributed by atoms with van der Waals surface area (Å²) in [6, 6.07) is 14.5. The minimum atomic E-state index is -0.778. The lowest BCUT2D eigenvalue weighted by Gasteiger charge is -2.29. The van der Waals surface area contributed by atoms with E-state index in [1.807, 2.05) is 0 Å². The molecule has 1 aliphatic rings. The lowest BCUT2D eigenvalue weighted by Crippen LogP contribution is -2.29. The smallest absolute Gasteiger partial charge is 0.337 e. The van der Waals surface area contributed by atoms with Crippen molar-refractivity contribution in [2.24, 2.45) is 0 Å². The third-order valence-electron chi connectivity index (χ3n) is 4.89. The van der Waals surface area contributed by atoms with E-state index in [0.717, 1.165) is 11.8 Å². The molecule has 2 aromatic carbocycles. The summed E-state index contributed by atoms with van der Waals surface area (Å²) >= 11 is 7.55. The number of benzene rings is 2. The van der Waals surface area contributed by atoms with Crippen LogP contribution in [0, 0.1) is 17.1 Å². The van der Waals surface area contributed by atoms with Gasteiger partial charge in [0.25, 0.3) is 0 Å². The maximum atomic E-state index is 13.1. The van der Waals surface area contributed by atoms with E-state index in [2.05, 4.69) is 23.3 Å². The number of carbonyl (C=O) groups is 2. The Balaban J connectivity index is 1.91. The van der Waals surface area contributed by atoms with E-state index in [9.17, 15) is 19.2 Å². The van der Waals surface area contributed by atoms with Gasteiger partial charge in [0, 0.05) is 16.4 Å². The third kappa shape index (κ3) is 5.87. The molecule has 0 radical (unpaired) electrons. The van der Waals surface area contributed by atoms with Gasteiger partial charge >= 0.3 is 5.97 Å². The predicted molar refractivity (Wildman–Crippen MR) is 131 cm³/mol. The second kappa shape index (κ2) is 11.5. The molecule has 2 aromatic rings. The maximum Gasteiger partial charge on any atom is 0.337 e. The van der Waals surface area contributed by atoms with E-state index in [-0.39, 0.29) is 29.4 Å². The number of hydrogen-bond acceptors (Lipinski definition) is 6. The van der Waals surface area contributed by atoms with Crippen LogP contribution in [0.1, 0.15) is 18.4 Å². The molecule has 2 N–H and O–H groups in total. The quantitative estimate of drug-likeness (QED) is 0.381. The molecular formula is C25H21ClFN3O3S. The molecule has 9 heteroatoms. The highest BCUT2D eigenvalue weighted by molar-refractivity contribution is 8.03. The van der Waals surface area contributed by atoms with Crippen molar-refractivity contribution in [1.82, 2.24) is 5.32 Å². The predicted octanol–water partition coefficient (Wildman–Crippen LogP) is 5.28. The lowest BCUT2D eigenvalue weighted by atomic mass is 9.82. The molecule has 1 amide bonds. The molecule has 1 heterocycles. The fraction of sp³-hybridized carbons (Fsp3) is 0.160. The van der Waals surface area contributed by atoms with Crippen LogP contribution in [0.4, 0.5) is 10.1 Å². The first kappa shape index (κ1) is 25.1. The van der Waals surface area contributed by atoms with Gasteiger partial charge in [0.05, 0.1) is 33.9 Å². The van der Waals surface area contributed by atoms with Gasteiger partial charge in [-0.25, -0.2) is 9.18 Å². The van der Waals surface area contributed by atoms with Crippen LogP contribution < -0.4 is 10.6 Å². The number of nitrogens with zero attached hydrogens (tertiary/aromatic N) is 1. The normalized spacial score (nSPS) is 15.3. The Labute approximate surface area is 206 Å². The molecule has 0 bridgehead atoms. The Kier molecular flexibility index (Phi) is 8.52. The Hall–Kier alpha value is -3.54. The summed E-state index contributed by atoms with van der Waals surface area (Å²) in [5.41, 5.74) is 2.01. The highest BCUT2D eigenvalue weighted by Gasteiger charge is 2.36. The minimum Gasteiger partial charge on any atom is -0.458 e. The number of amides is 1. The molecular weight excluding hydrogens is 477 g/mol. The van der Waals surface area contributed by atoms with Crippen LogP contribution in [0.25, 0.3) is 0 Å². The molecule has 34 heavy (non-hydrogen) atoms. The second-order valence-corrected chi connectivity index (χ2v) is 8.60. The highest BCUT2D eigenvalue weighted by atomic mass is 35.5. The van der Waals surface area contributed by atoms with Crippen molar-refractivity contribution in [3.05, 3.63) is 99.5 Å². The van der Waals surface area contributed by atoms with Crippen LogP contribution in [0.3, 0.4) is 0 Å². The molecule has 0 saturated carbocycles. The average molecular weight is 498 g/mol. The van der Waals surface area contributed by atoms with Gasteiger partial charge in [-0.3, -0.25) is 4.79 Å². The van der Waals surface area contributed by atoms with Gasteiger partial charge in [-0.05, 0) is 42.8 Å². The zero-order valence-corrected chi connectivity index (χ0v) is 19.8. The lowest BCUT2D eigenvalue weighted by molar-refractivity contribution is -0.138. The van der Waals surface area contributed by atoms with Crippen LogP contribution in [0.5, 0.6) is 0 Å². The van der Waals surface area contributed by atoms with Gasteiger partial charge in [-0.15, -0.1) is 0 Å². The highest BCUT2D eigenvalue weighted by Crippen LogP contribution is 2.43. The third-order valence-corrected chi connectivity index (χ3v) is 6.25. The monoisotopic (exact) mass is 497 g/mol. The minimum absolute atomic E-state index is 0.0155. The van der Waals surface area contributed by atoms with Gasteiger partial charge < -0.3 is 15.4 Å². The number of allylic oxidation sites excluding steroid dienone is 2. The summed E-state index contributed by atoms with van der Waals surface area (Å²) in [5.74, 6) is -2.14. The fourth-order valence-electron chi connectivity index (χ4n) is 3.40. The number of esters is 1. The van der Waals surface area contributed by atoms with Crippen molar-refractivity contribution < 1.29 is 18.7 Å². The summed E-state index contributed by atoms with van der Waals surface area (Å²) in [6.07, 6.45) is 1.45. The van der Waals surface area contributed by atoms with Gasteiger partial charge in [0.15, 0.2) is 0 Å². The zero-order valence-electron chi connectivity index (χ0n) is 18.2. The van der Waals surface area contributed by atoms with Crippen molar-refractivity contribution in [3.8, 4) is 6.07 Å². The van der Waals surface area contributed by atoms with Crippen LogP contribution >= 0.6 is 23.4 Å². The van der Waals surface area contributed by atoms with Crippen molar-refractivity contribution >= 4 is 40.9 Å². The molecule has 3 rings (SSSR count). The van der Waals surface area contributed by atoms with E-state index in [0.29, 0.717) is 27.0 Å². The van der Waals surface area contributed by atoms with Crippen LogP contribution in [-0.2, 0) is 14.3 Å². The van der Waals surface area contributed by atoms with Gasteiger partial charge in [-0.1, -0.05) is 54.2 Å². The molecule has 0 aliphatic carbocycles. The second-order valence-electron chi connectivity index (χ2n) is 7.20. The number of rotatable bonds is 8. The fourth-order valence-corrected chi connectivity index (χ4v) is 4.53. The van der Waals surface area contributed by atoms with Crippen molar-refractivity contribution in [2.75, 3.05) is 17.7 Å². The Bertz CT molecular complexity index is 1220. The summed E-state index contributed by atoms with van der Waals surface area (Å²) in [5, 5.41) is 16.6. The van der Waals surface area contributed by atoms with Crippen molar-refractivity contribution in [3.63, 3.8) is 0 Å². The van der Waals surface area contributed by atoms with E-state index in [1.165, 1.54) is 30.3 Å². The Morgan fingerprint density at radius 1 is 1.29 bits per heavy atom. The average Bonchev–Trinajstić information content (AvgIpc) is 2.82. The number of ether oxygens (including phenoxy) is 1. The molecule has 6 nitrogen and oxygen atoms in total. The number of anilines is 1. The standard InChI is InChI=1S/C25H21ClFN3O3S/c1-3-12-33-25(32)22-15(2)29-24(19(13-28)23(22)18-6-4-5-7-20(18)26)34-14-21(31)30-17-10-8-16(27)9-11-17/h3-11,23,29H,1,12,14H2,2H3,(H,30,31)/t23-/m1/s1. The molecule has 0 fully saturated rings. The first-order valence-electron chi connectivity index (χ1n) is 10.2. The van der Waals surface area contributed by atoms with Crippen molar-refractivity contribution in [2.45, 2.75) is 12.8 Å². The van der Waals surface area contributed by atoms with Gasteiger partial charge in [0.2, 0.25) is 5.91 Å². The van der Waals surface area contributed by atoms with E-state index < -0.39 is 17.7 Å². The maximum absolute atomic E-state index is 13.1. The number of nitriles is 1. The molecule has 0 saturated heterocycles. The van der Waals surface area contributed by atoms with Crippen LogP contribution in [0.2, 0.25) is 5.02 Å². The molecule has 1 aliphatic heterocycles. The summed E-state index contributed by atoms with van der Waals surface area (Å²) in [7, 11) is 0. The topological polar surface area (TPSA) is 91.2 Å². The number of dihydropyridines is 1. The first-order valence-corrected chi connectivity index (χ1v) is 11.5. The number of halogens is 2. The van der Waals surface area contributed by atoms with E-state index in [1.54, 1.807) is 31.2 Å². The van der Waals surface area contributed by atoms with E-state index >= 15 is 0 Å². The first-order chi connectivity index (χ1) is 16.3. The number of thioether (sulfide) groups is 1. The summed E-state index contributed by atoms with van der Waals surface area (Å²) in [6.45, 7) is 5.27. The molecule has 0 spiro atoms. The molecule has 174 valence electrons. The number of nitrogens with one attached hydrogen (secondary N) is 2. The Morgan fingerprint density at radius 3 is 2.65 bits per heavy atom. The van der Waals surface area contributed by atoms with Gasteiger partial charge in [0.1, 0.15) is 12.4 Å². The van der Waals surface area contributed by atoms with Crippen molar-refractivity contribution in [1.29, 1.82) is 5.26 Å². The molecule has 1 atom stereocenters. The summed E-state index contributed by atoms with van der Waals surface area (Å²) < 4.78 is 18.3. The summed E-state index contributed by atoms with van der Waals surface area (Å²) in [4.78, 5) is 25.3. The van der Waals surface area contributed by atoms with Crippen LogP contribution in [0.15, 0.2) is 83.1 Å². The number of hydrogen-bond donors (Lipinski definition) is 2. The zero-order chi connectivity index (χ0) is 24.7. The van der Waals surface area contributed by atoms with Crippen LogP contribution in [-0.4, -0.2) is 24.2 Å². The number of carbonyl (C=O) groups excluding carboxylic acids is 2. The largest absolute Gasteiger partial charge is 0.458 e.